The van der Waals surface area contributed by atoms with E-state index in [1.54, 1.807) is 0 Å². The van der Waals surface area contributed by atoms with Gasteiger partial charge in [-0.2, -0.15) is 0 Å². The van der Waals surface area contributed by atoms with Gasteiger partial charge in [-0.05, 0) is 35.0 Å². The van der Waals surface area contributed by atoms with Crippen LogP contribution in [0.3, 0.4) is 0 Å². The number of carbonyl (C=O) groups excluding carboxylic acids is 1. The van der Waals surface area contributed by atoms with Gasteiger partial charge in [-0.3, -0.25) is 5.32 Å². The summed E-state index contributed by atoms with van der Waals surface area (Å²) in [6.07, 6.45) is -0.462. The third-order valence-corrected chi connectivity index (χ3v) is 2.73. The van der Waals surface area contributed by atoms with E-state index in [1.807, 2.05) is 36.4 Å². The van der Waals surface area contributed by atoms with Crippen LogP contribution >= 0.6 is 15.9 Å². The number of anilines is 1. The van der Waals surface area contributed by atoms with Crippen molar-refractivity contribution in [2.45, 2.75) is 0 Å². The molecule has 0 radical (unpaired) electrons. The van der Waals surface area contributed by atoms with Crippen LogP contribution < -0.4 is 5.32 Å². The minimum Gasteiger partial charge on any atom is -0.453 e. The number of halogens is 1. The molecule has 2 aromatic rings. The van der Waals surface area contributed by atoms with Crippen molar-refractivity contribution in [1.82, 2.24) is 0 Å². The first-order valence-electron chi connectivity index (χ1n) is 4.73. The SMILES string of the molecule is COC(=O)Nc1ccc2cc(Br)ccc2c1. The van der Waals surface area contributed by atoms with Crippen LogP contribution in [0.2, 0.25) is 0 Å². The van der Waals surface area contributed by atoms with Crippen molar-refractivity contribution in [3.8, 4) is 0 Å². The van der Waals surface area contributed by atoms with Crippen LogP contribution in [0.15, 0.2) is 40.9 Å². The van der Waals surface area contributed by atoms with E-state index in [4.69, 9.17) is 0 Å². The summed E-state index contributed by atoms with van der Waals surface area (Å²) in [5.41, 5.74) is 0.724. The van der Waals surface area contributed by atoms with Gasteiger partial charge in [-0.25, -0.2) is 4.79 Å². The fourth-order valence-electron chi connectivity index (χ4n) is 1.46. The Morgan fingerprint density at radius 3 is 2.62 bits per heavy atom. The van der Waals surface area contributed by atoms with E-state index in [0.29, 0.717) is 0 Å². The van der Waals surface area contributed by atoms with E-state index in [-0.39, 0.29) is 0 Å². The minimum absolute atomic E-state index is 0.462. The topological polar surface area (TPSA) is 38.3 Å². The molecule has 3 nitrogen and oxygen atoms in total. The van der Waals surface area contributed by atoms with Crippen LogP contribution in [0, 0.1) is 0 Å². The van der Waals surface area contributed by atoms with E-state index in [9.17, 15) is 4.79 Å². The lowest BCUT2D eigenvalue weighted by Crippen LogP contribution is -2.10. The third kappa shape index (κ3) is 2.33. The second-order valence-corrected chi connectivity index (χ2v) is 4.24. The molecule has 0 aliphatic heterocycles. The highest BCUT2D eigenvalue weighted by Crippen LogP contribution is 2.22. The number of benzene rings is 2. The molecule has 0 fully saturated rings. The zero-order valence-corrected chi connectivity index (χ0v) is 10.2. The molecule has 2 rings (SSSR count). The number of ether oxygens (including phenoxy) is 1. The van der Waals surface area contributed by atoms with Crippen molar-refractivity contribution in [2.24, 2.45) is 0 Å². The van der Waals surface area contributed by atoms with Gasteiger partial charge >= 0.3 is 6.09 Å². The Bertz CT molecular complexity index is 540. The summed E-state index contributed by atoms with van der Waals surface area (Å²) in [5, 5.41) is 4.81. The number of hydrogen-bond acceptors (Lipinski definition) is 2. The summed E-state index contributed by atoms with van der Waals surface area (Å²) < 4.78 is 5.56. The lowest BCUT2D eigenvalue weighted by molar-refractivity contribution is 0.187. The summed E-state index contributed by atoms with van der Waals surface area (Å²) in [7, 11) is 1.34. The summed E-state index contributed by atoms with van der Waals surface area (Å²) in [5.74, 6) is 0. The summed E-state index contributed by atoms with van der Waals surface area (Å²) >= 11 is 3.41. The molecule has 0 aromatic heterocycles. The number of rotatable bonds is 1. The summed E-state index contributed by atoms with van der Waals surface area (Å²) in [6.45, 7) is 0. The van der Waals surface area contributed by atoms with Crippen molar-refractivity contribution >= 4 is 38.5 Å². The van der Waals surface area contributed by atoms with Crippen LogP contribution in [0.1, 0.15) is 0 Å². The zero-order chi connectivity index (χ0) is 11.5. The fraction of sp³-hybridized carbons (Fsp3) is 0.0833. The number of methoxy groups -OCH3 is 1. The first-order chi connectivity index (χ1) is 7.69. The van der Waals surface area contributed by atoms with E-state index >= 15 is 0 Å². The molecule has 0 bridgehead atoms. The van der Waals surface area contributed by atoms with Crippen LogP contribution in [0.5, 0.6) is 0 Å². The molecule has 0 aliphatic carbocycles. The van der Waals surface area contributed by atoms with E-state index in [1.165, 1.54) is 7.11 Å². The predicted octanol–water partition coefficient (Wildman–Crippen LogP) is 3.78. The average molecular weight is 280 g/mol. The number of amides is 1. The maximum Gasteiger partial charge on any atom is 0.411 e. The maximum absolute atomic E-state index is 11.0. The molecule has 4 heteroatoms. The minimum atomic E-state index is -0.462. The smallest absolute Gasteiger partial charge is 0.411 e. The molecule has 1 N–H and O–H groups in total. The first kappa shape index (κ1) is 11.0. The van der Waals surface area contributed by atoms with E-state index in [0.717, 1.165) is 20.9 Å². The largest absolute Gasteiger partial charge is 0.453 e. The first-order valence-corrected chi connectivity index (χ1v) is 5.52. The Balaban J connectivity index is 2.37. The predicted molar refractivity (Wildman–Crippen MR) is 67.7 cm³/mol. The molecule has 82 valence electrons. The Labute approximate surface area is 102 Å². The number of hydrogen-bond donors (Lipinski definition) is 1. The molecule has 0 spiro atoms. The van der Waals surface area contributed by atoms with Gasteiger partial charge in [0.1, 0.15) is 0 Å². The van der Waals surface area contributed by atoms with Crippen molar-refractivity contribution < 1.29 is 9.53 Å². The molecule has 0 aliphatic rings. The molecule has 0 heterocycles. The van der Waals surface area contributed by atoms with Crippen LogP contribution in [-0.4, -0.2) is 13.2 Å². The fourth-order valence-corrected chi connectivity index (χ4v) is 1.84. The number of fused-ring (bicyclic) bond motifs is 1. The van der Waals surface area contributed by atoms with Gasteiger partial charge < -0.3 is 4.74 Å². The maximum atomic E-state index is 11.0. The van der Waals surface area contributed by atoms with Crippen LogP contribution in [-0.2, 0) is 4.74 Å². The summed E-state index contributed by atoms with van der Waals surface area (Å²) in [4.78, 5) is 11.0. The standard InChI is InChI=1S/C12H10BrNO2/c1-16-12(15)14-11-5-3-8-6-10(13)4-2-9(8)7-11/h2-7H,1H3,(H,14,15). The lowest BCUT2D eigenvalue weighted by atomic mass is 10.1. The molecule has 0 atom stereocenters. The highest BCUT2D eigenvalue weighted by molar-refractivity contribution is 9.10. The normalized spacial score (nSPS) is 10.1. The average Bonchev–Trinajstić information content (AvgIpc) is 2.29. The van der Waals surface area contributed by atoms with Gasteiger partial charge in [0.2, 0.25) is 0 Å². The Kier molecular flexibility index (Phi) is 3.10. The lowest BCUT2D eigenvalue weighted by Gasteiger charge is -2.05. The van der Waals surface area contributed by atoms with Crippen molar-refractivity contribution in [1.29, 1.82) is 0 Å². The third-order valence-electron chi connectivity index (χ3n) is 2.23. The Hall–Kier alpha value is -1.55. The molecule has 0 saturated carbocycles. The molecule has 0 saturated heterocycles. The van der Waals surface area contributed by atoms with Gasteiger partial charge in [0, 0.05) is 10.2 Å². The summed E-state index contributed by atoms with van der Waals surface area (Å²) in [6, 6.07) is 11.7. The molecular formula is C12H10BrNO2. The molecule has 1 amide bonds. The second kappa shape index (κ2) is 4.53. The van der Waals surface area contributed by atoms with Gasteiger partial charge in [-0.15, -0.1) is 0 Å². The molecule has 0 unspecified atom stereocenters. The second-order valence-electron chi connectivity index (χ2n) is 3.32. The quantitative estimate of drug-likeness (QED) is 0.863. The monoisotopic (exact) mass is 279 g/mol. The highest BCUT2D eigenvalue weighted by Gasteiger charge is 2.01. The number of nitrogens with one attached hydrogen (secondary N) is 1. The zero-order valence-electron chi connectivity index (χ0n) is 8.66. The van der Waals surface area contributed by atoms with Gasteiger partial charge in [0.25, 0.3) is 0 Å². The van der Waals surface area contributed by atoms with Gasteiger partial charge in [-0.1, -0.05) is 28.1 Å². The van der Waals surface area contributed by atoms with Gasteiger partial charge in [0.15, 0.2) is 0 Å². The Morgan fingerprint density at radius 1 is 1.19 bits per heavy atom. The van der Waals surface area contributed by atoms with Crippen LogP contribution in [0.25, 0.3) is 10.8 Å². The molecule has 16 heavy (non-hydrogen) atoms. The van der Waals surface area contributed by atoms with E-state index < -0.39 is 6.09 Å². The Morgan fingerprint density at radius 2 is 1.88 bits per heavy atom. The van der Waals surface area contributed by atoms with Crippen molar-refractivity contribution in [3.63, 3.8) is 0 Å². The van der Waals surface area contributed by atoms with Crippen molar-refractivity contribution in [3.05, 3.63) is 40.9 Å². The molecular weight excluding hydrogens is 270 g/mol. The molecule has 2 aromatic carbocycles. The van der Waals surface area contributed by atoms with Crippen LogP contribution in [0.4, 0.5) is 10.5 Å². The highest BCUT2D eigenvalue weighted by atomic mass is 79.9. The van der Waals surface area contributed by atoms with Crippen molar-refractivity contribution in [2.75, 3.05) is 12.4 Å². The van der Waals surface area contributed by atoms with E-state index in [2.05, 4.69) is 26.0 Å². The number of carbonyl (C=O) groups is 1. The van der Waals surface area contributed by atoms with Gasteiger partial charge in [0.05, 0.1) is 7.11 Å².